The number of amides is 1. The number of carbonyl (C=O) groups is 1. The van der Waals surface area contributed by atoms with E-state index in [4.69, 9.17) is 11.5 Å². The molecule has 1 aromatic carbocycles. The summed E-state index contributed by atoms with van der Waals surface area (Å²) in [5.74, 6) is -0.203. The third kappa shape index (κ3) is 1.72. The SMILES string of the molecule is NC(=O)C1CCCN1C1CC(N)c2ccccc21. The summed E-state index contributed by atoms with van der Waals surface area (Å²) in [7, 11) is 0. The molecule has 3 atom stereocenters. The zero-order valence-electron chi connectivity index (χ0n) is 10.4. The van der Waals surface area contributed by atoms with Gasteiger partial charge in [0.1, 0.15) is 0 Å². The normalized spacial score (nSPS) is 31.5. The minimum atomic E-state index is -0.203. The zero-order valence-corrected chi connectivity index (χ0v) is 10.4. The van der Waals surface area contributed by atoms with Crippen molar-refractivity contribution < 1.29 is 4.79 Å². The number of primary amides is 1. The van der Waals surface area contributed by atoms with Crippen molar-refractivity contribution in [2.24, 2.45) is 11.5 Å². The summed E-state index contributed by atoms with van der Waals surface area (Å²) in [6.07, 6.45) is 2.81. The number of hydrogen-bond acceptors (Lipinski definition) is 3. The van der Waals surface area contributed by atoms with Gasteiger partial charge in [-0.2, -0.15) is 0 Å². The summed E-state index contributed by atoms with van der Waals surface area (Å²) in [5.41, 5.74) is 14.2. The fraction of sp³-hybridized carbons (Fsp3) is 0.500. The van der Waals surface area contributed by atoms with Crippen LogP contribution in [0.2, 0.25) is 0 Å². The molecule has 1 saturated heterocycles. The molecule has 3 unspecified atom stereocenters. The Morgan fingerprint density at radius 2 is 2.00 bits per heavy atom. The van der Waals surface area contributed by atoms with E-state index in [2.05, 4.69) is 17.0 Å². The Hall–Kier alpha value is -1.39. The van der Waals surface area contributed by atoms with Crippen LogP contribution in [0.15, 0.2) is 24.3 Å². The second-order valence-electron chi connectivity index (χ2n) is 5.29. The summed E-state index contributed by atoms with van der Waals surface area (Å²) in [4.78, 5) is 13.8. The molecule has 0 saturated carbocycles. The largest absolute Gasteiger partial charge is 0.368 e. The van der Waals surface area contributed by atoms with Crippen LogP contribution in [0, 0.1) is 0 Å². The van der Waals surface area contributed by atoms with Crippen LogP contribution in [0.1, 0.15) is 42.5 Å². The molecule has 18 heavy (non-hydrogen) atoms. The third-order valence-electron chi connectivity index (χ3n) is 4.25. The summed E-state index contributed by atoms with van der Waals surface area (Å²) in [6, 6.07) is 8.51. The number of nitrogens with two attached hydrogens (primary N) is 2. The maximum absolute atomic E-state index is 11.5. The van der Waals surface area contributed by atoms with Gasteiger partial charge in [-0.3, -0.25) is 9.69 Å². The molecule has 0 aromatic heterocycles. The first kappa shape index (κ1) is 11.7. The van der Waals surface area contributed by atoms with Gasteiger partial charge in [0.15, 0.2) is 0 Å². The number of nitrogens with zero attached hydrogens (tertiary/aromatic N) is 1. The first-order valence-corrected chi connectivity index (χ1v) is 6.58. The Balaban J connectivity index is 1.92. The zero-order chi connectivity index (χ0) is 12.7. The van der Waals surface area contributed by atoms with E-state index in [1.165, 1.54) is 11.1 Å². The number of rotatable bonds is 2. The van der Waals surface area contributed by atoms with Gasteiger partial charge >= 0.3 is 0 Å². The second-order valence-corrected chi connectivity index (χ2v) is 5.29. The monoisotopic (exact) mass is 245 g/mol. The quantitative estimate of drug-likeness (QED) is 0.819. The highest BCUT2D eigenvalue weighted by Gasteiger charge is 2.39. The summed E-state index contributed by atoms with van der Waals surface area (Å²) in [5, 5.41) is 0. The van der Waals surface area contributed by atoms with Crippen LogP contribution >= 0.6 is 0 Å². The molecular formula is C14H19N3O. The lowest BCUT2D eigenvalue weighted by molar-refractivity contribution is -0.123. The first-order chi connectivity index (χ1) is 8.68. The molecule has 0 bridgehead atoms. The Bertz CT molecular complexity index is 474. The Morgan fingerprint density at radius 1 is 1.28 bits per heavy atom. The van der Waals surface area contributed by atoms with E-state index in [-0.39, 0.29) is 24.0 Å². The molecule has 1 amide bonds. The molecule has 1 heterocycles. The van der Waals surface area contributed by atoms with E-state index in [1.807, 2.05) is 12.1 Å². The predicted octanol–water partition coefficient (Wildman–Crippen LogP) is 1.08. The Labute approximate surface area is 107 Å². The van der Waals surface area contributed by atoms with Crippen molar-refractivity contribution in [3.8, 4) is 0 Å². The molecule has 4 N–H and O–H groups in total. The van der Waals surface area contributed by atoms with Gasteiger partial charge in [-0.05, 0) is 36.9 Å². The minimum absolute atomic E-state index is 0.0836. The predicted molar refractivity (Wildman–Crippen MR) is 69.7 cm³/mol. The van der Waals surface area contributed by atoms with Gasteiger partial charge < -0.3 is 11.5 Å². The lowest BCUT2D eigenvalue weighted by atomic mass is 10.1. The molecule has 2 aliphatic rings. The van der Waals surface area contributed by atoms with Crippen LogP contribution in [0.4, 0.5) is 0 Å². The second kappa shape index (κ2) is 4.37. The van der Waals surface area contributed by atoms with Gasteiger partial charge in [0.25, 0.3) is 0 Å². The average Bonchev–Trinajstić information content (AvgIpc) is 2.95. The molecule has 1 aliphatic carbocycles. The fourth-order valence-electron chi connectivity index (χ4n) is 3.43. The van der Waals surface area contributed by atoms with Crippen LogP contribution in [0.3, 0.4) is 0 Å². The van der Waals surface area contributed by atoms with E-state index < -0.39 is 0 Å². The van der Waals surface area contributed by atoms with Crippen molar-refractivity contribution in [3.05, 3.63) is 35.4 Å². The number of fused-ring (bicyclic) bond motifs is 1. The number of carbonyl (C=O) groups excluding carboxylic acids is 1. The smallest absolute Gasteiger partial charge is 0.234 e. The van der Waals surface area contributed by atoms with Crippen molar-refractivity contribution in [1.82, 2.24) is 4.90 Å². The van der Waals surface area contributed by atoms with Gasteiger partial charge in [-0.25, -0.2) is 0 Å². The van der Waals surface area contributed by atoms with Gasteiger partial charge in [0.2, 0.25) is 5.91 Å². The van der Waals surface area contributed by atoms with Crippen molar-refractivity contribution in [1.29, 1.82) is 0 Å². The highest BCUT2D eigenvalue weighted by molar-refractivity contribution is 5.80. The van der Waals surface area contributed by atoms with Crippen molar-refractivity contribution in [2.75, 3.05) is 6.54 Å². The van der Waals surface area contributed by atoms with E-state index in [0.717, 1.165) is 25.8 Å². The highest BCUT2D eigenvalue weighted by atomic mass is 16.1. The van der Waals surface area contributed by atoms with Crippen LogP contribution < -0.4 is 11.5 Å². The van der Waals surface area contributed by atoms with Crippen LogP contribution in [-0.2, 0) is 4.79 Å². The fourth-order valence-corrected chi connectivity index (χ4v) is 3.43. The molecule has 0 radical (unpaired) electrons. The number of hydrogen-bond donors (Lipinski definition) is 2. The van der Waals surface area contributed by atoms with Crippen molar-refractivity contribution >= 4 is 5.91 Å². The Kier molecular flexibility index (Phi) is 2.84. The van der Waals surface area contributed by atoms with E-state index in [9.17, 15) is 4.79 Å². The van der Waals surface area contributed by atoms with Crippen molar-refractivity contribution in [3.63, 3.8) is 0 Å². The molecule has 4 nitrogen and oxygen atoms in total. The molecular weight excluding hydrogens is 226 g/mol. The number of benzene rings is 1. The topological polar surface area (TPSA) is 72.4 Å². The molecule has 1 fully saturated rings. The summed E-state index contributed by atoms with van der Waals surface area (Å²) < 4.78 is 0. The maximum atomic E-state index is 11.5. The van der Waals surface area contributed by atoms with Gasteiger partial charge in [0.05, 0.1) is 6.04 Å². The maximum Gasteiger partial charge on any atom is 0.234 e. The molecule has 3 rings (SSSR count). The first-order valence-electron chi connectivity index (χ1n) is 6.58. The molecule has 96 valence electrons. The van der Waals surface area contributed by atoms with Gasteiger partial charge in [0, 0.05) is 12.1 Å². The van der Waals surface area contributed by atoms with Gasteiger partial charge in [-0.1, -0.05) is 24.3 Å². The van der Waals surface area contributed by atoms with Crippen molar-refractivity contribution in [2.45, 2.75) is 37.4 Å². The van der Waals surface area contributed by atoms with E-state index in [0.29, 0.717) is 0 Å². The molecule has 1 aliphatic heterocycles. The minimum Gasteiger partial charge on any atom is -0.368 e. The number of likely N-dealkylation sites (tertiary alicyclic amines) is 1. The molecule has 0 spiro atoms. The third-order valence-corrected chi connectivity index (χ3v) is 4.25. The van der Waals surface area contributed by atoms with Crippen LogP contribution in [-0.4, -0.2) is 23.4 Å². The van der Waals surface area contributed by atoms with E-state index in [1.54, 1.807) is 0 Å². The lowest BCUT2D eigenvalue weighted by Gasteiger charge is -2.29. The molecule has 1 aromatic rings. The average molecular weight is 245 g/mol. The van der Waals surface area contributed by atoms with Gasteiger partial charge in [-0.15, -0.1) is 0 Å². The Morgan fingerprint density at radius 3 is 2.72 bits per heavy atom. The highest BCUT2D eigenvalue weighted by Crippen LogP contribution is 2.43. The van der Waals surface area contributed by atoms with Crippen LogP contribution in [0.5, 0.6) is 0 Å². The summed E-state index contributed by atoms with van der Waals surface area (Å²) in [6.45, 7) is 0.944. The van der Waals surface area contributed by atoms with E-state index >= 15 is 0 Å². The van der Waals surface area contributed by atoms with Crippen LogP contribution in [0.25, 0.3) is 0 Å². The standard InChI is InChI=1S/C14H19N3O/c15-11-8-13(10-5-2-1-4-9(10)11)17-7-3-6-12(17)14(16)18/h1-2,4-5,11-13H,3,6-8,15H2,(H2,16,18). The lowest BCUT2D eigenvalue weighted by Crippen LogP contribution is -2.41. The summed E-state index contributed by atoms with van der Waals surface area (Å²) >= 11 is 0. The molecule has 4 heteroatoms.